The summed E-state index contributed by atoms with van der Waals surface area (Å²) in [6, 6.07) is 11.4. The number of nitrogens with zero attached hydrogens (tertiary/aromatic N) is 3. The van der Waals surface area contributed by atoms with Gasteiger partial charge in [-0.1, -0.05) is 0 Å². The fourth-order valence-corrected chi connectivity index (χ4v) is 2.94. The minimum atomic E-state index is -0.998. The molecule has 9 nitrogen and oxygen atoms in total. The summed E-state index contributed by atoms with van der Waals surface area (Å²) in [7, 11) is 0. The Morgan fingerprint density at radius 1 is 1.34 bits per heavy atom. The Morgan fingerprint density at radius 2 is 2.07 bits per heavy atom. The molecule has 29 heavy (non-hydrogen) atoms. The molecule has 1 saturated heterocycles. The number of halogens is 1. The van der Waals surface area contributed by atoms with Gasteiger partial charge in [-0.15, -0.1) is 0 Å². The van der Waals surface area contributed by atoms with Crippen molar-refractivity contribution < 1.29 is 23.6 Å². The number of nitrogens with one attached hydrogen (secondary N) is 1. The summed E-state index contributed by atoms with van der Waals surface area (Å²) in [4.78, 5) is 36.0. The third kappa shape index (κ3) is 4.47. The number of benzene rings is 2. The topological polar surface area (TPSA) is 126 Å². The van der Waals surface area contributed by atoms with Crippen molar-refractivity contribution in [1.82, 2.24) is 0 Å². The van der Waals surface area contributed by atoms with Crippen molar-refractivity contribution in [3.63, 3.8) is 0 Å². The highest BCUT2D eigenvalue weighted by Crippen LogP contribution is 2.30. The Balaban J connectivity index is 1.67. The van der Waals surface area contributed by atoms with Crippen LogP contribution in [0.5, 0.6) is 5.75 Å². The Hall–Kier alpha value is -4.00. The van der Waals surface area contributed by atoms with Crippen molar-refractivity contribution in [2.75, 3.05) is 23.4 Å². The molecule has 148 valence electrons. The first kappa shape index (κ1) is 19.8. The van der Waals surface area contributed by atoms with Crippen molar-refractivity contribution in [2.45, 2.75) is 6.42 Å². The molecule has 1 unspecified atom stereocenters. The Kier molecular flexibility index (Phi) is 5.69. The molecule has 0 bridgehead atoms. The van der Waals surface area contributed by atoms with Crippen LogP contribution in [0.3, 0.4) is 0 Å². The second kappa shape index (κ2) is 8.35. The molecule has 0 radical (unpaired) electrons. The molecule has 0 aliphatic carbocycles. The number of nitriles is 1. The lowest BCUT2D eigenvalue weighted by molar-refractivity contribution is -0.387. The van der Waals surface area contributed by atoms with Crippen LogP contribution in [-0.4, -0.2) is 29.9 Å². The monoisotopic (exact) mass is 398 g/mol. The van der Waals surface area contributed by atoms with Gasteiger partial charge in [0.15, 0.2) is 6.61 Å². The number of hydrogen-bond donors (Lipinski definition) is 1. The minimum absolute atomic E-state index is 0.0246. The van der Waals surface area contributed by atoms with Crippen molar-refractivity contribution in [1.29, 1.82) is 5.26 Å². The number of carbonyl (C=O) groups excluding carboxylic acids is 2. The molecule has 3 rings (SSSR count). The van der Waals surface area contributed by atoms with Crippen LogP contribution < -0.4 is 15.0 Å². The van der Waals surface area contributed by atoms with Crippen molar-refractivity contribution >= 4 is 28.9 Å². The number of nitro benzene ring substituents is 1. The summed E-state index contributed by atoms with van der Waals surface area (Å²) in [5.74, 6) is -1.96. The SMILES string of the molecule is N#CCOc1ccc(NC(=O)C2CC(=O)N(c3ccc(F)c([N+](=O)[O-])c3)C2)cc1. The minimum Gasteiger partial charge on any atom is -0.479 e. The second-order valence-electron chi connectivity index (χ2n) is 6.26. The zero-order chi connectivity index (χ0) is 21.0. The number of rotatable bonds is 6. The number of anilines is 2. The average Bonchev–Trinajstić information content (AvgIpc) is 3.09. The first-order valence-corrected chi connectivity index (χ1v) is 8.54. The lowest BCUT2D eigenvalue weighted by Gasteiger charge is -2.16. The van der Waals surface area contributed by atoms with E-state index in [0.29, 0.717) is 11.4 Å². The van der Waals surface area contributed by atoms with E-state index in [9.17, 15) is 24.1 Å². The zero-order valence-electron chi connectivity index (χ0n) is 15.0. The molecule has 1 aliphatic rings. The number of hydrogen-bond acceptors (Lipinski definition) is 6. The number of carbonyl (C=O) groups is 2. The molecule has 0 aromatic heterocycles. The number of nitro groups is 1. The molecule has 2 amide bonds. The van der Waals surface area contributed by atoms with E-state index in [2.05, 4.69) is 5.32 Å². The van der Waals surface area contributed by atoms with E-state index in [1.165, 1.54) is 11.0 Å². The van der Waals surface area contributed by atoms with Crippen LogP contribution >= 0.6 is 0 Å². The highest BCUT2D eigenvalue weighted by Gasteiger charge is 2.36. The molecule has 2 aromatic rings. The van der Waals surface area contributed by atoms with Crippen LogP contribution in [0.4, 0.5) is 21.5 Å². The average molecular weight is 398 g/mol. The fraction of sp³-hybridized carbons (Fsp3) is 0.211. The van der Waals surface area contributed by atoms with Gasteiger partial charge in [-0.05, 0) is 36.4 Å². The molecule has 0 saturated carbocycles. The molecule has 1 fully saturated rings. The molecule has 1 atom stereocenters. The lowest BCUT2D eigenvalue weighted by atomic mass is 10.1. The highest BCUT2D eigenvalue weighted by atomic mass is 19.1. The molecular formula is C19H15FN4O5. The van der Waals surface area contributed by atoms with Crippen molar-refractivity contribution in [2.24, 2.45) is 5.92 Å². The maximum absolute atomic E-state index is 13.5. The van der Waals surface area contributed by atoms with Gasteiger partial charge in [0.05, 0.1) is 16.5 Å². The van der Waals surface area contributed by atoms with Crippen molar-refractivity contribution in [3.05, 3.63) is 58.4 Å². The second-order valence-corrected chi connectivity index (χ2v) is 6.26. The summed E-state index contributed by atoms with van der Waals surface area (Å²) in [5.41, 5.74) is -0.0815. The van der Waals surface area contributed by atoms with Gasteiger partial charge >= 0.3 is 5.69 Å². The zero-order valence-corrected chi connectivity index (χ0v) is 15.0. The number of amides is 2. The standard InChI is InChI=1S/C19H15FN4O5/c20-16-6-3-14(10-17(16)24(27)28)23-11-12(9-18(23)25)19(26)22-13-1-4-15(5-2-13)29-8-7-21/h1-6,10,12H,8-9,11H2,(H,22,26). The van der Waals surface area contributed by atoms with Gasteiger partial charge in [0, 0.05) is 24.7 Å². The molecule has 1 aliphatic heterocycles. The van der Waals surface area contributed by atoms with E-state index in [-0.39, 0.29) is 37.1 Å². The third-order valence-corrected chi connectivity index (χ3v) is 4.36. The quantitative estimate of drug-likeness (QED) is 0.589. The van der Waals surface area contributed by atoms with Gasteiger partial charge in [0.25, 0.3) is 0 Å². The van der Waals surface area contributed by atoms with Gasteiger partial charge in [0.1, 0.15) is 11.8 Å². The molecule has 10 heteroatoms. The maximum atomic E-state index is 13.5. The molecular weight excluding hydrogens is 383 g/mol. The predicted octanol–water partition coefficient (Wildman–Crippen LogP) is 2.63. The molecule has 0 spiro atoms. The van der Waals surface area contributed by atoms with Gasteiger partial charge < -0.3 is 15.0 Å². The Bertz CT molecular complexity index is 1000. The fourth-order valence-electron chi connectivity index (χ4n) is 2.94. The van der Waals surface area contributed by atoms with Crippen LogP contribution in [0, 0.1) is 33.2 Å². The van der Waals surface area contributed by atoms with E-state index in [1.807, 2.05) is 6.07 Å². The lowest BCUT2D eigenvalue weighted by Crippen LogP contribution is -2.28. The van der Waals surface area contributed by atoms with Crippen LogP contribution in [0.15, 0.2) is 42.5 Å². The van der Waals surface area contributed by atoms with E-state index >= 15 is 0 Å². The predicted molar refractivity (Wildman–Crippen MR) is 99.7 cm³/mol. The van der Waals surface area contributed by atoms with E-state index < -0.39 is 22.3 Å². The van der Waals surface area contributed by atoms with Gasteiger partial charge in [-0.3, -0.25) is 19.7 Å². The van der Waals surface area contributed by atoms with E-state index in [4.69, 9.17) is 10.00 Å². The third-order valence-electron chi connectivity index (χ3n) is 4.36. The normalized spacial score (nSPS) is 15.7. The van der Waals surface area contributed by atoms with Gasteiger partial charge in [-0.2, -0.15) is 9.65 Å². The van der Waals surface area contributed by atoms with Crippen LogP contribution in [0.25, 0.3) is 0 Å². The van der Waals surface area contributed by atoms with Gasteiger partial charge in [-0.25, -0.2) is 0 Å². The van der Waals surface area contributed by atoms with Crippen molar-refractivity contribution in [3.8, 4) is 11.8 Å². The molecule has 2 aromatic carbocycles. The summed E-state index contributed by atoms with van der Waals surface area (Å²) in [6.07, 6.45) is -0.0691. The largest absolute Gasteiger partial charge is 0.479 e. The summed E-state index contributed by atoms with van der Waals surface area (Å²) < 4.78 is 18.6. The highest BCUT2D eigenvalue weighted by molar-refractivity contribution is 6.03. The summed E-state index contributed by atoms with van der Waals surface area (Å²) >= 11 is 0. The van der Waals surface area contributed by atoms with E-state index in [1.54, 1.807) is 24.3 Å². The summed E-state index contributed by atoms with van der Waals surface area (Å²) in [6.45, 7) is -0.0654. The van der Waals surface area contributed by atoms with Gasteiger partial charge in [0.2, 0.25) is 17.6 Å². The van der Waals surface area contributed by atoms with Crippen LogP contribution in [0.2, 0.25) is 0 Å². The Morgan fingerprint density at radius 3 is 2.72 bits per heavy atom. The van der Waals surface area contributed by atoms with Crippen LogP contribution in [0.1, 0.15) is 6.42 Å². The Labute approximate surface area is 164 Å². The first-order chi connectivity index (χ1) is 13.9. The van der Waals surface area contributed by atoms with E-state index in [0.717, 1.165) is 12.1 Å². The smallest absolute Gasteiger partial charge is 0.306 e. The van der Waals surface area contributed by atoms with Crippen LogP contribution in [-0.2, 0) is 9.59 Å². The molecule has 1 N–H and O–H groups in total. The first-order valence-electron chi connectivity index (χ1n) is 8.54. The summed E-state index contributed by atoms with van der Waals surface area (Å²) in [5, 5.41) is 22.1. The number of ether oxygens (including phenoxy) is 1. The maximum Gasteiger partial charge on any atom is 0.306 e. The molecule has 1 heterocycles.